The first-order chi connectivity index (χ1) is 17.0. The molecule has 0 aliphatic carbocycles. The highest BCUT2D eigenvalue weighted by Gasteiger charge is 2.21. The van der Waals surface area contributed by atoms with Crippen molar-refractivity contribution in [2.24, 2.45) is 0 Å². The molecule has 1 atom stereocenters. The summed E-state index contributed by atoms with van der Waals surface area (Å²) in [7, 11) is 1.65. The topological polar surface area (TPSA) is 59.1 Å². The van der Waals surface area contributed by atoms with E-state index in [1.807, 2.05) is 84.6 Å². The smallest absolute Gasteiger partial charge is 0.313 e. The molecule has 0 radical (unpaired) electrons. The van der Waals surface area contributed by atoms with E-state index >= 15 is 0 Å². The van der Waals surface area contributed by atoms with E-state index < -0.39 is 0 Å². The summed E-state index contributed by atoms with van der Waals surface area (Å²) in [4.78, 5) is 29.2. The van der Waals surface area contributed by atoms with Crippen LogP contribution in [0, 0.1) is 0 Å². The van der Waals surface area contributed by atoms with Gasteiger partial charge in [0.1, 0.15) is 12.4 Å². The summed E-state index contributed by atoms with van der Waals surface area (Å²) in [6.45, 7) is 5.76. The highest BCUT2D eigenvalue weighted by Crippen LogP contribution is 2.25. The Labute approximate surface area is 218 Å². The fourth-order valence-corrected chi connectivity index (χ4v) is 4.20. The van der Waals surface area contributed by atoms with E-state index in [0.717, 1.165) is 40.7 Å². The molecule has 0 saturated carbocycles. The highest BCUT2D eigenvalue weighted by molar-refractivity contribution is 5.92. The molecule has 0 aromatic heterocycles. The quantitative estimate of drug-likeness (QED) is 0.324. The molecule has 190 valence electrons. The zero-order valence-corrected chi connectivity index (χ0v) is 21.6. The molecular formula is C29H33ClN2O4. The van der Waals surface area contributed by atoms with Crippen LogP contribution in [0.3, 0.4) is 0 Å². The Balaban J connectivity index is 0.00000361. The first-order valence-corrected chi connectivity index (χ1v) is 12.0. The number of carbonyl (C=O) groups is 2. The zero-order valence-electron chi connectivity index (χ0n) is 20.8. The summed E-state index contributed by atoms with van der Waals surface area (Å²) in [5.74, 6) is 0.277. The summed E-state index contributed by atoms with van der Waals surface area (Å²) in [6.07, 6.45) is 3.49. The van der Waals surface area contributed by atoms with Crippen molar-refractivity contribution in [2.45, 2.75) is 12.8 Å². The van der Waals surface area contributed by atoms with Gasteiger partial charge in [0.15, 0.2) is 0 Å². The molecule has 0 spiro atoms. The lowest BCUT2D eigenvalue weighted by Gasteiger charge is -2.34. The summed E-state index contributed by atoms with van der Waals surface area (Å²) in [6, 6.07) is 21.7. The van der Waals surface area contributed by atoms with Gasteiger partial charge < -0.3 is 14.4 Å². The summed E-state index contributed by atoms with van der Waals surface area (Å²) in [5, 5.41) is 2.14. The number of carbonyl (C=O) groups excluding carboxylic acids is 2. The Kier molecular flexibility index (Phi) is 9.91. The fourth-order valence-electron chi connectivity index (χ4n) is 4.20. The molecule has 1 unspecified atom stereocenters. The zero-order chi connectivity index (χ0) is 24.6. The molecular weight excluding hydrogens is 476 g/mol. The highest BCUT2D eigenvalue weighted by atomic mass is 35.5. The van der Waals surface area contributed by atoms with E-state index in [4.69, 9.17) is 9.47 Å². The molecule has 1 fully saturated rings. The Hall–Kier alpha value is -3.35. The number of hydrogen-bond donors (Lipinski definition) is 0. The monoisotopic (exact) mass is 508 g/mol. The average molecular weight is 509 g/mol. The number of fused-ring (bicyclic) bond motifs is 1. The first-order valence-electron chi connectivity index (χ1n) is 12.0. The minimum absolute atomic E-state index is 0. The van der Waals surface area contributed by atoms with Gasteiger partial charge in [-0.1, -0.05) is 54.6 Å². The minimum atomic E-state index is -0.340. The van der Waals surface area contributed by atoms with Crippen LogP contribution in [-0.4, -0.2) is 68.1 Å². The van der Waals surface area contributed by atoms with Crippen LogP contribution >= 0.6 is 12.4 Å². The maximum absolute atomic E-state index is 12.6. The maximum atomic E-state index is 12.6. The lowest BCUT2D eigenvalue weighted by molar-refractivity contribution is -0.145. The van der Waals surface area contributed by atoms with Gasteiger partial charge in [-0.2, -0.15) is 0 Å². The number of methoxy groups -OCH3 is 1. The van der Waals surface area contributed by atoms with Crippen LogP contribution in [0.5, 0.6) is 5.75 Å². The minimum Gasteiger partial charge on any atom is -0.497 e. The molecule has 1 amide bonds. The molecule has 4 rings (SSSR count). The number of ether oxygens (including phenoxy) is 2. The second-order valence-electron chi connectivity index (χ2n) is 8.77. The third-order valence-electron chi connectivity index (χ3n) is 6.48. The van der Waals surface area contributed by atoms with Gasteiger partial charge >= 0.3 is 5.97 Å². The lowest BCUT2D eigenvalue weighted by atomic mass is 9.98. The molecule has 0 N–H and O–H groups in total. The van der Waals surface area contributed by atoms with Crippen LogP contribution in [0.2, 0.25) is 0 Å². The van der Waals surface area contributed by atoms with Gasteiger partial charge in [0.25, 0.3) is 0 Å². The van der Waals surface area contributed by atoms with Gasteiger partial charge in [-0.15, -0.1) is 12.4 Å². The van der Waals surface area contributed by atoms with Gasteiger partial charge in [-0.25, -0.2) is 0 Å². The van der Waals surface area contributed by atoms with E-state index in [1.54, 1.807) is 13.2 Å². The number of halogens is 1. The van der Waals surface area contributed by atoms with E-state index in [0.29, 0.717) is 26.2 Å². The average Bonchev–Trinajstić information content (AvgIpc) is 2.91. The Morgan fingerprint density at radius 3 is 2.36 bits per heavy atom. The number of amides is 1. The number of piperazine rings is 1. The number of hydrogen-bond acceptors (Lipinski definition) is 5. The van der Waals surface area contributed by atoms with E-state index in [2.05, 4.69) is 4.90 Å². The molecule has 0 bridgehead atoms. The number of benzene rings is 3. The SMILES string of the molecule is COc1ccc2cc(C(C)C(=O)OCCN3CCN(C(=O)/C=C\c4ccccc4)CC3)ccc2c1.Cl. The van der Waals surface area contributed by atoms with Gasteiger partial charge in [0.05, 0.1) is 13.0 Å². The standard InChI is InChI=1S/C29H32N2O4.ClH/c1-22(24-9-10-26-21-27(34-2)12-11-25(26)20-24)29(33)35-19-18-30-14-16-31(17-15-30)28(32)13-8-23-6-4-3-5-7-23;/h3-13,20-22H,14-19H2,1-2H3;1H/b13-8-;. The van der Waals surface area contributed by atoms with Crippen LogP contribution in [0.1, 0.15) is 24.0 Å². The third kappa shape index (κ3) is 7.09. The lowest BCUT2D eigenvalue weighted by Crippen LogP contribution is -2.49. The molecule has 3 aromatic rings. The second kappa shape index (κ2) is 13.1. The van der Waals surface area contributed by atoms with Gasteiger partial charge in [-0.3, -0.25) is 14.5 Å². The van der Waals surface area contributed by atoms with Crippen LogP contribution in [0.25, 0.3) is 16.8 Å². The van der Waals surface area contributed by atoms with Crippen LogP contribution < -0.4 is 4.74 Å². The van der Waals surface area contributed by atoms with Crippen molar-refractivity contribution >= 4 is 41.1 Å². The molecule has 36 heavy (non-hydrogen) atoms. The predicted octanol–water partition coefficient (Wildman–Crippen LogP) is 4.77. The molecule has 1 aliphatic heterocycles. The van der Waals surface area contributed by atoms with Gasteiger partial charge in [-0.05, 0) is 47.0 Å². The van der Waals surface area contributed by atoms with E-state index in [-0.39, 0.29) is 30.2 Å². The molecule has 1 heterocycles. The Bertz CT molecular complexity index is 1190. The Morgan fingerprint density at radius 2 is 1.64 bits per heavy atom. The molecule has 1 aliphatic rings. The van der Waals surface area contributed by atoms with Crippen LogP contribution in [-0.2, 0) is 14.3 Å². The largest absolute Gasteiger partial charge is 0.497 e. The van der Waals surface area contributed by atoms with Crippen LogP contribution in [0.4, 0.5) is 0 Å². The summed E-state index contributed by atoms with van der Waals surface area (Å²) >= 11 is 0. The predicted molar refractivity (Wildman–Crippen MR) is 146 cm³/mol. The molecule has 1 saturated heterocycles. The molecule has 6 nitrogen and oxygen atoms in total. The van der Waals surface area contributed by atoms with Crippen molar-refractivity contribution in [1.82, 2.24) is 9.80 Å². The van der Waals surface area contributed by atoms with Crippen molar-refractivity contribution in [3.05, 3.63) is 83.9 Å². The number of nitrogens with zero attached hydrogens (tertiary/aromatic N) is 2. The van der Waals surface area contributed by atoms with Crippen molar-refractivity contribution in [3.63, 3.8) is 0 Å². The van der Waals surface area contributed by atoms with Crippen molar-refractivity contribution in [3.8, 4) is 5.75 Å². The van der Waals surface area contributed by atoms with Gasteiger partial charge in [0, 0.05) is 38.8 Å². The molecule has 3 aromatic carbocycles. The van der Waals surface area contributed by atoms with E-state index in [9.17, 15) is 9.59 Å². The van der Waals surface area contributed by atoms with Crippen molar-refractivity contribution in [2.75, 3.05) is 46.4 Å². The fraction of sp³-hybridized carbons (Fsp3) is 0.310. The third-order valence-corrected chi connectivity index (χ3v) is 6.48. The summed E-state index contributed by atoms with van der Waals surface area (Å²) in [5.41, 5.74) is 1.95. The maximum Gasteiger partial charge on any atom is 0.313 e. The number of rotatable bonds is 8. The first kappa shape index (κ1) is 27.2. The van der Waals surface area contributed by atoms with Gasteiger partial charge in [0.2, 0.25) is 5.91 Å². The Morgan fingerprint density at radius 1 is 0.944 bits per heavy atom. The van der Waals surface area contributed by atoms with Crippen LogP contribution in [0.15, 0.2) is 72.8 Å². The molecule has 7 heteroatoms. The summed E-state index contributed by atoms with van der Waals surface area (Å²) < 4.78 is 10.9. The number of esters is 1. The second-order valence-corrected chi connectivity index (χ2v) is 8.77. The normalized spacial score (nSPS) is 14.9. The van der Waals surface area contributed by atoms with E-state index in [1.165, 1.54) is 0 Å². The van der Waals surface area contributed by atoms with Crippen molar-refractivity contribution < 1.29 is 19.1 Å². The van der Waals surface area contributed by atoms with Crippen molar-refractivity contribution in [1.29, 1.82) is 0 Å².